The van der Waals surface area contributed by atoms with Gasteiger partial charge in [0.25, 0.3) is 0 Å². The Bertz CT molecular complexity index is 322. The SMILES string of the molecule is CCCCOc1ccc(/C=C(\C)CC)cc1. The molecule has 0 saturated heterocycles. The maximum Gasteiger partial charge on any atom is 0.119 e. The van der Waals surface area contributed by atoms with Crippen molar-refractivity contribution >= 4 is 6.08 Å². The quantitative estimate of drug-likeness (QED) is 0.630. The molecule has 16 heavy (non-hydrogen) atoms. The first kappa shape index (κ1) is 12.8. The summed E-state index contributed by atoms with van der Waals surface area (Å²) >= 11 is 0. The van der Waals surface area contributed by atoms with Crippen molar-refractivity contribution in [3.63, 3.8) is 0 Å². The molecule has 0 amide bonds. The van der Waals surface area contributed by atoms with Gasteiger partial charge in [-0.1, -0.05) is 44.1 Å². The van der Waals surface area contributed by atoms with E-state index in [-0.39, 0.29) is 0 Å². The molecule has 1 aromatic rings. The second-order valence-electron chi connectivity index (χ2n) is 4.12. The van der Waals surface area contributed by atoms with Crippen LogP contribution in [0.1, 0.15) is 45.6 Å². The summed E-state index contributed by atoms with van der Waals surface area (Å²) in [6.45, 7) is 7.32. The first-order valence-electron chi connectivity index (χ1n) is 6.16. The second kappa shape index (κ2) is 7.10. The number of benzene rings is 1. The van der Waals surface area contributed by atoms with Crippen LogP contribution in [0.15, 0.2) is 29.8 Å². The Hall–Kier alpha value is -1.24. The lowest BCUT2D eigenvalue weighted by molar-refractivity contribution is 0.309. The van der Waals surface area contributed by atoms with Crippen LogP contribution >= 0.6 is 0 Å². The summed E-state index contributed by atoms with van der Waals surface area (Å²) in [5.74, 6) is 0.972. The van der Waals surface area contributed by atoms with Gasteiger partial charge in [-0.05, 0) is 37.5 Å². The first-order valence-corrected chi connectivity index (χ1v) is 6.16. The zero-order valence-corrected chi connectivity index (χ0v) is 10.6. The van der Waals surface area contributed by atoms with E-state index >= 15 is 0 Å². The number of allylic oxidation sites excluding steroid dienone is 1. The monoisotopic (exact) mass is 218 g/mol. The molecule has 0 saturated carbocycles. The van der Waals surface area contributed by atoms with Crippen LogP contribution in [0.5, 0.6) is 5.75 Å². The van der Waals surface area contributed by atoms with Crippen LogP contribution in [0.4, 0.5) is 0 Å². The average Bonchev–Trinajstić information content (AvgIpc) is 2.31. The molecule has 0 aliphatic heterocycles. The molecule has 0 unspecified atom stereocenters. The number of hydrogen-bond acceptors (Lipinski definition) is 1. The second-order valence-corrected chi connectivity index (χ2v) is 4.12. The van der Waals surface area contributed by atoms with Crippen molar-refractivity contribution in [3.05, 3.63) is 35.4 Å². The Kier molecular flexibility index (Phi) is 5.69. The van der Waals surface area contributed by atoms with Gasteiger partial charge in [-0.2, -0.15) is 0 Å². The fourth-order valence-electron chi connectivity index (χ4n) is 1.38. The molecular weight excluding hydrogens is 196 g/mol. The lowest BCUT2D eigenvalue weighted by atomic mass is 10.1. The third-order valence-corrected chi connectivity index (χ3v) is 2.62. The van der Waals surface area contributed by atoms with Crippen LogP contribution in [0.3, 0.4) is 0 Å². The molecule has 1 heteroatoms. The van der Waals surface area contributed by atoms with Crippen molar-refractivity contribution in [3.8, 4) is 5.75 Å². The van der Waals surface area contributed by atoms with E-state index in [9.17, 15) is 0 Å². The third-order valence-electron chi connectivity index (χ3n) is 2.62. The van der Waals surface area contributed by atoms with Crippen molar-refractivity contribution in [1.82, 2.24) is 0 Å². The van der Waals surface area contributed by atoms with Gasteiger partial charge in [0.05, 0.1) is 6.61 Å². The van der Waals surface area contributed by atoms with Crippen molar-refractivity contribution in [2.45, 2.75) is 40.0 Å². The number of unbranched alkanes of at least 4 members (excludes halogenated alkanes) is 1. The Morgan fingerprint density at radius 3 is 2.44 bits per heavy atom. The van der Waals surface area contributed by atoms with Gasteiger partial charge in [0.1, 0.15) is 5.75 Å². The summed E-state index contributed by atoms with van der Waals surface area (Å²) in [5, 5.41) is 0. The minimum absolute atomic E-state index is 0.819. The molecule has 1 aromatic carbocycles. The summed E-state index contributed by atoms with van der Waals surface area (Å²) in [6.07, 6.45) is 5.62. The molecular formula is C15H22O. The van der Waals surface area contributed by atoms with E-state index in [1.165, 1.54) is 17.6 Å². The number of rotatable bonds is 6. The number of ether oxygens (including phenoxy) is 1. The normalized spacial score (nSPS) is 11.6. The third kappa shape index (κ3) is 4.52. The van der Waals surface area contributed by atoms with E-state index in [1.54, 1.807) is 0 Å². The summed E-state index contributed by atoms with van der Waals surface area (Å²) in [6, 6.07) is 8.32. The zero-order chi connectivity index (χ0) is 11.8. The molecule has 0 N–H and O–H groups in total. The molecule has 0 heterocycles. The highest BCUT2D eigenvalue weighted by atomic mass is 16.5. The van der Waals surface area contributed by atoms with Gasteiger partial charge in [0, 0.05) is 0 Å². The Morgan fingerprint density at radius 1 is 1.19 bits per heavy atom. The van der Waals surface area contributed by atoms with Crippen LogP contribution in [0.25, 0.3) is 6.08 Å². The average molecular weight is 218 g/mol. The van der Waals surface area contributed by atoms with Gasteiger partial charge in [-0.3, -0.25) is 0 Å². The minimum Gasteiger partial charge on any atom is -0.494 e. The van der Waals surface area contributed by atoms with Crippen molar-refractivity contribution in [2.75, 3.05) is 6.61 Å². The van der Waals surface area contributed by atoms with Gasteiger partial charge in [-0.25, -0.2) is 0 Å². The molecule has 1 nitrogen and oxygen atoms in total. The number of hydrogen-bond donors (Lipinski definition) is 0. The molecule has 0 aliphatic carbocycles. The lowest BCUT2D eigenvalue weighted by Gasteiger charge is -2.05. The van der Waals surface area contributed by atoms with Crippen LogP contribution in [0, 0.1) is 0 Å². The molecule has 88 valence electrons. The highest BCUT2D eigenvalue weighted by molar-refractivity contribution is 5.53. The van der Waals surface area contributed by atoms with Gasteiger partial charge >= 0.3 is 0 Å². The van der Waals surface area contributed by atoms with Crippen molar-refractivity contribution < 1.29 is 4.74 Å². The van der Waals surface area contributed by atoms with Crippen LogP contribution in [-0.2, 0) is 0 Å². The standard InChI is InChI=1S/C15H22O/c1-4-6-11-16-15-9-7-14(8-10-15)12-13(3)5-2/h7-10,12H,4-6,11H2,1-3H3/b13-12+. The lowest BCUT2D eigenvalue weighted by Crippen LogP contribution is -1.95. The summed E-state index contributed by atoms with van der Waals surface area (Å²) in [5.41, 5.74) is 2.65. The smallest absolute Gasteiger partial charge is 0.119 e. The maximum absolute atomic E-state index is 5.61. The predicted molar refractivity (Wildman–Crippen MR) is 70.8 cm³/mol. The predicted octanol–water partition coefficient (Wildman–Crippen LogP) is 4.68. The summed E-state index contributed by atoms with van der Waals surface area (Å²) < 4.78 is 5.61. The van der Waals surface area contributed by atoms with Crippen LogP contribution in [0.2, 0.25) is 0 Å². The fourth-order valence-corrected chi connectivity index (χ4v) is 1.38. The molecule has 0 radical (unpaired) electrons. The van der Waals surface area contributed by atoms with E-state index in [0.29, 0.717) is 0 Å². The minimum atomic E-state index is 0.819. The molecule has 0 atom stereocenters. The first-order chi connectivity index (χ1) is 7.76. The van der Waals surface area contributed by atoms with Crippen molar-refractivity contribution in [2.24, 2.45) is 0 Å². The van der Waals surface area contributed by atoms with E-state index in [4.69, 9.17) is 4.74 Å². The summed E-state index contributed by atoms with van der Waals surface area (Å²) in [4.78, 5) is 0. The largest absolute Gasteiger partial charge is 0.494 e. The molecule has 1 rings (SSSR count). The summed E-state index contributed by atoms with van der Waals surface area (Å²) in [7, 11) is 0. The van der Waals surface area contributed by atoms with Crippen molar-refractivity contribution in [1.29, 1.82) is 0 Å². The Labute approximate surface area is 99.1 Å². The molecule has 0 aromatic heterocycles. The molecule has 0 spiro atoms. The topological polar surface area (TPSA) is 9.23 Å². The van der Waals surface area contributed by atoms with E-state index in [1.807, 2.05) is 12.1 Å². The zero-order valence-electron chi connectivity index (χ0n) is 10.6. The molecule has 0 bridgehead atoms. The van der Waals surface area contributed by atoms with Gasteiger partial charge in [0.2, 0.25) is 0 Å². The highest BCUT2D eigenvalue weighted by Crippen LogP contribution is 2.15. The molecule has 0 aliphatic rings. The van der Waals surface area contributed by atoms with Gasteiger partial charge in [0.15, 0.2) is 0 Å². The maximum atomic E-state index is 5.61. The van der Waals surface area contributed by atoms with Crippen LogP contribution in [-0.4, -0.2) is 6.61 Å². The molecule has 0 fully saturated rings. The van der Waals surface area contributed by atoms with Gasteiger partial charge < -0.3 is 4.74 Å². The Morgan fingerprint density at radius 2 is 1.88 bits per heavy atom. The fraction of sp³-hybridized carbons (Fsp3) is 0.467. The van der Waals surface area contributed by atoms with E-state index < -0.39 is 0 Å². The van der Waals surface area contributed by atoms with E-state index in [2.05, 4.69) is 39.0 Å². The van der Waals surface area contributed by atoms with Gasteiger partial charge in [-0.15, -0.1) is 0 Å². The van der Waals surface area contributed by atoms with E-state index in [0.717, 1.165) is 25.2 Å². The highest BCUT2D eigenvalue weighted by Gasteiger charge is 1.94. The van der Waals surface area contributed by atoms with Crippen LogP contribution < -0.4 is 4.74 Å². The Balaban J connectivity index is 2.54.